The molecule has 0 saturated carbocycles. The smallest absolute Gasteiger partial charge is 0.411 e. The summed E-state index contributed by atoms with van der Waals surface area (Å²) in [4.78, 5) is 21.3. The third kappa shape index (κ3) is 3.87. The highest BCUT2D eigenvalue weighted by molar-refractivity contribution is 5.84. The van der Waals surface area contributed by atoms with Gasteiger partial charge in [0.2, 0.25) is 0 Å². The van der Waals surface area contributed by atoms with Crippen molar-refractivity contribution in [3.8, 4) is 5.75 Å². The molecule has 86 valence electrons. The number of carbonyl (C=O) groups is 2. The standard InChI is InChI=1S/C10H12N2O4/c1-15-10(14)12-7-2-4-8(5-3-7)16-6-9(11)13/h2-5H,6H2,1H3,(H2,11,13)(H,12,14). The average molecular weight is 224 g/mol. The third-order valence-electron chi connectivity index (χ3n) is 1.67. The number of nitrogens with two attached hydrogens (primary N) is 1. The first-order chi connectivity index (χ1) is 7.61. The van der Waals surface area contributed by atoms with Crippen LogP contribution in [-0.2, 0) is 9.53 Å². The van der Waals surface area contributed by atoms with Gasteiger partial charge in [0.1, 0.15) is 5.75 Å². The number of rotatable bonds is 4. The van der Waals surface area contributed by atoms with Gasteiger partial charge < -0.3 is 15.2 Å². The Morgan fingerprint density at radius 1 is 1.31 bits per heavy atom. The maximum atomic E-state index is 10.9. The molecule has 0 saturated heterocycles. The zero-order valence-corrected chi connectivity index (χ0v) is 8.73. The van der Waals surface area contributed by atoms with Gasteiger partial charge in [0.05, 0.1) is 7.11 Å². The Morgan fingerprint density at radius 2 is 1.94 bits per heavy atom. The predicted octanol–water partition coefficient (Wildman–Crippen LogP) is 0.729. The Hall–Kier alpha value is -2.24. The molecule has 2 amide bonds. The van der Waals surface area contributed by atoms with Crippen LogP contribution in [0.1, 0.15) is 0 Å². The number of hydrogen-bond acceptors (Lipinski definition) is 4. The number of anilines is 1. The maximum Gasteiger partial charge on any atom is 0.411 e. The highest BCUT2D eigenvalue weighted by Crippen LogP contribution is 2.15. The molecule has 0 atom stereocenters. The second-order valence-corrected chi connectivity index (χ2v) is 2.90. The molecule has 0 radical (unpaired) electrons. The van der Waals surface area contributed by atoms with E-state index in [4.69, 9.17) is 10.5 Å². The van der Waals surface area contributed by atoms with Gasteiger partial charge in [-0.15, -0.1) is 0 Å². The van der Waals surface area contributed by atoms with Gasteiger partial charge in [-0.1, -0.05) is 0 Å². The van der Waals surface area contributed by atoms with Crippen LogP contribution in [0.5, 0.6) is 5.75 Å². The fourth-order valence-electron chi connectivity index (χ4n) is 0.958. The summed E-state index contributed by atoms with van der Waals surface area (Å²) in [6.45, 7) is -0.177. The largest absolute Gasteiger partial charge is 0.484 e. The topological polar surface area (TPSA) is 90.7 Å². The molecule has 0 aromatic heterocycles. The molecule has 6 nitrogen and oxygen atoms in total. The van der Waals surface area contributed by atoms with Crippen molar-refractivity contribution in [1.29, 1.82) is 0 Å². The lowest BCUT2D eigenvalue weighted by Crippen LogP contribution is -2.20. The molecule has 16 heavy (non-hydrogen) atoms. The van der Waals surface area contributed by atoms with E-state index in [9.17, 15) is 9.59 Å². The monoisotopic (exact) mass is 224 g/mol. The first-order valence-electron chi connectivity index (χ1n) is 4.48. The number of primary amides is 1. The van der Waals surface area contributed by atoms with Crippen LogP contribution < -0.4 is 15.8 Å². The highest BCUT2D eigenvalue weighted by atomic mass is 16.5. The minimum absolute atomic E-state index is 0.177. The summed E-state index contributed by atoms with van der Waals surface area (Å²) in [5, 5.41) is 2.48. The van der Waals surface area contributed by atoms with Crippen molar-refractivity contribution < 1.29 is 19.1 Å². The molecule has 3 N–H and O–H groups in total. The fourth-order valence-corrected chi connectivity index (χ4v) is 0.958. The maximum absolute atomic E-state index is 10.9. The molecule has 6 heteroatoms. The molecular formula is C10H12N2O4. The summed E-state index contributed by atoms with van der Waals surface area (Å²) in [5.74, 6) is -0.0500. The van der Waals surface area contributed by atoms with Crippen LogP contribution in [0.25, 0.3) is 0 Å². The number of nitrogens with one attached hydrogen (secondary N) is 1. The predicted molar refractivity (Wildman–Crippen MR) is 57.2 cm³/mol. The average Bonchev–Trinajstić information content (AvgIpc) is 2.28. The van der Waals surface area contributed by atoms with Gasteiger partial charge in [-0.3, -0.25) is 10.1 Å². The van der Waals surface area contributed by atoms with Crippen LogP contribution >= 0.6 is 0 Å². The SMILES string of the molecule is COC(=O)Nc1ccc(OCC(N)=O)cc1. The van der Waals surface area contributed by atoms with E-state index in [0.29, 0.717) is 11.4 Å². The molecule has 0 aliphatic carbocycles. The first-order valence-corrected chi connectivity index (χ1v) is 4.48. The van der Waals surface area contributed by atoms with E-state index >= 15 is 0 Å². The summed E-state index contributed by atoms with van der Waals surface area (Å²) in [5.41, 5.74) is 5.48. The van der Waals surface area contributed by atoms with Gasteiger partial charge >= 0.3 is 6.09 Å². The number of benzene rings is 1. The Kier molecular flexibility index (Phi) is 4.14. The van der Waals surface area contributed by atoms with Gasteiger partial charge in [0.15, 0.2) is 6.61 Å². The van der Waals surface area contributed by atoms with Crippen molar-refractivity contribution in [3.63, 3.8) is 0 Å². The van der Waals surface area contributed by atoms with Gasteiger partial charge in [-0.25, -0.2) is 4.79 Å². The van der Waals surface area contributed by atoms with E-state index in [1.54, 1.807) is 24.3 Å². The van der Waals surface area contributed by atoms with Crippen molar-refractivity contribution >= 4 is 17.7 Å². The second-order valence-electron chi connectivity index (χ2n) is 2.90. The Bertz CT molecular complexity index is 375. The number of carbonyl (C=O) groups excluding carboxylic acids is 2. The van der Waals surface area contributed by atoms with Crippen LogP contribution in [0.4, 0.5) is 10.5 Å². The molecule has 0 heterocycles. The summed E-state index contributed by atoms with van der Waals surface area (Å²) < 4.78 is 9.46. The van der Waals surface area contributed by atoms with E-state index in [1.165, 1.54) is 7.11 Å². The minimum atomic E-state index is -0.550. The van der Waals surface area contributed by atoms with Crippen molar-refractivity contribution in [2.45, 2.75) is 0 Å². The molecule has 1 aromatic carbocycles. The lowest BCUT2D eigenvalue weighted by atomic mass is 10.3. The van der Waals surface area contributed by atoms with Crippen LogP contribution in [0, 0.1) is 0 Å². The fraction of sp³-hybridized carbons (Fsp3) is 0.200. The summed E-state index contributed by atoms with van der Waals surface area (Å²) in [6, 6.07) is 6.45. The van der Waals surface area contributed by atoms with Crippen molar-refractivity contribution in [1.82, 2.24) is 0 Å². The van der Waals surface area contributed by atoms with Crippen molar-refractivity contribution in [2.24, 2.45) is 5.73 Å². The number of amides is 2. The highest BCUT2D eigenvalue weighted by Gasteiger charge is 2.01. The normalized spacial score (nSPS) is 9.31. The summed E-state index contributed by atoms with van der Waals surface area (Å²) in [7, 11) is 1.28. The van der Waals surface area contributed by atoms with Crippen molar-refractivity contribution in [3.05, 3.63) is 24.3 Å². The van der Waals surface area contributed by atoms with E-state index in [0.717, 1.165) is 0 Å². The Labute approximate surface area is 92.3 Å². The summed E-state index contributed by atoms with van der Waals surface area (Å²) in [6.07, 6.45) is -0.550. The molecule has 0 aliphatic heterocycles. The number of hydrogen-bond donors (Lipinski definition) is 2. The van der Waals surface area contributed by atoms with E-state index in [1.807, 2.05) is 0 Å². The van der Waals surface area contributed by atoms with Crippen LogP contribution in [-0.4, -0.2) is 25.7 Å². The Balaban J connectivity index is 2.54. The molecular weight excluding hydrogens is 212 g/mol. The molecule has 0 fully saturated rings. The van der Waals surface area contributed by atoms with Gasteiger partial charge in [-0.2, -0.15) is 0 Å². The number of ether oxygens (including phenoxy) is 2. The van der Waals surface area contributed by atoms with Crippen LogP contribution in [0.2, 0.25) is 0 Å². The lowest BCUT2D eigenvalue weighted by Gasteiger charge is -2.06. The van der Waals surface area contributed by atoms with E-state index in [2.05, 4.69) is 10.1 Å². The van der Waals surface area contributed by atoms with E-state index in [-0.39, 0.29) is 6.61 Å². The molecule has 0 bridgehead atoms. The lowest BCUT2D eigenvalue weighted by molar-refractivity contribution is -0.119. The molecule has 0 unspecified atom stereocenters. The second kappa shape index (κ2) is 5.59. The zero-order valence-electron chi connectivity index (χ0n) is 8.73. The van der Waals surface area contributed by atoms with Crippen LogP contribution in [0.3, 0.4) is 0 Å². The third-order valence-corrected chi connectivity index (χ3v) is 1.67. The van der Waals surface area contributed by atoms with Gasteiger partial charge in [-0.05, 0) is 24.3 Å². The van der Waals surface area contributed by atoms with Crippen LogP contribution in [0.15, 0.2) is 24.3 Å². The van der Waals surface area contributed by atoms with E-state index < -0.39 is 12.0 Å². The zero-order chi connectivity index (χ0) is 12.0. The van der Waals surface area contributed by atoms with Gasteiger partial charge in [0.25, 0.3) is 5.91 Å². The van der Waals surface area contributed by atoms with Crippen molar-refractivity contribution in [2.75, 3.05) is 19.0 Å². The molecule has 0 spiro atoms. The summed E-state index contributed by atoms with van der Waals surface area (Å²) >= 11 is 0. The first kappa shape index (κ1) is 11.8. The quantitative estimate of drug-likeness (QED) is 0.788. The van der Waals surface area contributed by atoms with Gasteiger partial charge in [0, 0.05) is 5.69 Å². The molecule has 1 aromatic rings. The molecule has 0 aliphatic rings. The number of methoxy groups -OCH3 is 1. The minimum Gasteiger partial charge on any atom is -0.484 e. The Morgan fingerprint density at radius 3 is 2.44 bits per heavy atom. The molecule has 1 rings (SSSR count).